The van der Waals surface area contributed by atoms with Crippen LogP contribution in [0.25, 0.3) is 0 Å². The molecule has 1 aliphatic carbocycles. The standard InChI is InChI=1S/C20H20F2N2O3/c21-16-2-1-3-17(22)20(16)27-15-6-12-9-24(10-13(12)7-15)11-19(26)18-5-4-14(25)8-23-18/h1-5,8,12-13,15,25H,6-7,9-11H2/t12-,13?,15?/m1/s1. The van der Waals surface area contributed by atoms with Crippen molar-refractivity contribution >= 4 is 5.78 Å². The molecule has 0 bridgehead atoms. The maximum atomic E-state index is 13.8. The van der Waals surface area contributed by atoms with Crippen LogP contribution in [0, 0.1) is 23.5 Å². The van der Waals surface area contributed by atoms with Gasteiger partial charge in [-0.05, 0) is 48.9 Å². The molecule has 1 aromatic carbocycles. The number of aromatic nitrogens is 1. The summed E-state index contributed by atoms with van der Waals surface area (Å²) in [5.74, 6) is -1.01. The number of ether oxygens (including phenoxy) is 1. The third-order valence-electron chi connectivity index (χ3n) is 5.39. The fraction of sp³-hybridized carbons (Fsp3) is 0.400. The number of Topliss-reactive ketones (excluding diaryl/α,β-unsaturated/α-hetero) is 1. The number of carbonyl (C=O) groups excluding carboxylic acids is 1. The van der Waals surface area contributed by atoms with Gasteiger partial charge in [-0.25, -0.2) is 13.8 Å². The number of hydrogen-bond donors (Lipinski definition) is 1. The van der Waals surface area contributed by atoms with Gasteiger partial charge in [0.2, 0.25) is 0 Å². The summed E-state index contributed by atoms with van der Waals surface area (Å²) in [6, 6.07) is 6.67. The lowest BCUT2D eigenvalue weighted by molar-refractivity contribution is 0.0931. The van der Waals surface area contributed by atoms with Crippen LogP contribution in [0.3, 0.4) is 0 Å². The molecular formula is C20H20F2N2O3. The van der Waals surface area contributed by atoms with Gasteiger partial charge >= 0.3 is 0 Å². The van der Waals surface area contributed by atoms with Crippen LogP contribution in [0.15, 0.2) is 36.5 Å². The van der Waals surface area contributed by atoms with E-state index in [1.165, 1.54) is 36.5 Å². The van der Waals surface area contributed by atoms with E-state index >= 15 is 0 Å². The maximum absolute atomic E-state index is 13.8. The number of hydrogen-bond acceptors (Lipinski definition) is 5. The smallest absolute Gasteiger partial charge is 0.195 e. The number of halogens is 2. The summed E-state index contributed by atoms with van der Waals surface area (Å²) < 4.78 is 33.1. The molecule has 2 unspecified atom stereocenters. The summed E-state index contributed by atoms with van der Waals surface area (Å²) in [6.07, 6.45) is 2.50. The molecule has 2 heterocycles. The van der Waals surface area contributed by atoms with Crippen molar-refractivity contribution in [3.05, 3.63) is 53.9 Å². The molecule has 2 aromatic rings. The van der Waals surface area contributed by atoms with E-state index in [1.807, 2.05) is 0 Å². The largest absolute Gasteiger partial charge is 0.506 e. The lowest BCUT2D eigenvalue weighted by Gasteiger charge is -2.19. The van der Waals surface area contributed by atoms with Crippen molar-refractivity contribution in [3.8, 4) is 11.5 Å². The molecule has 3 atom stereocenters. The predicted octanol–water partition coefficient (Wildman–Crippen LogP) is 3.04. The number of pyridine rings is 1. The molecule has 1 aliphatic heterocycles. The van der Waals surface area contributed by atoms with Crippen molar-refractivity contribution in [2.45, 2.75) is 18.9 Å². The van der Waals surface area contributed by atoms with Gasteiger partial charge in [0.1, 0.15) is 11.4 Å². The highest BCUT2D eigenvalue weighted by atomic mass is 19.1. The van der Waals surface area contributed by atoms with E-state index in [1.54, 1.807) is 0 Å². The Bertz CT molecular complexity index is 809. The number of ketones is 1. The Balaban J connectivity index is 1.32. The van der Waals surface area contributed by atoms with Gasteiger partial charge in [0, 0.05) is 13.1 Å². The quantitative estimate of drug-likeness (QED) is 0.815. The molecule has 27 heavy (non-hydrogen) atoms. The minimum absolute atomic E-state index is 0.0274. The number of para-hydroxylation sites is 1. The molecule has 1 saturated heterocycles. The zero-order chi connectivity index (χ0) is 19.0. The van der Waals surface area contributed by atoms with Crippen LogP contribution in [-0.2, 0) is 0 Å². The van der Waals surface area contributed by atoms with E-state index in [0.29, 0.717) is 17.5 Å². The summed E-state index contributed by atoms with van der Waals surface area (Å²) in [4.78, 5) is 18.4. The van der Waals surface area contributed by atoms with Crippen molar-refractivity contribution in [3.63, 3.8) is 0 Å². The van der Waals surface area contributed by atoms with Crippen LogP contribution in [0.5, 0.6) is 11.5 Å². The van der Waals surface area contributed by atoms with Crippen LogP contribution >= 0.6 is 0 Å². The highest BCUT2D eigenvalue weighted by molar-refractivity contribution is 5.95. The first-order valence-electron chi connectivity index (χ1n) is 9.01. The first-order valence-corrected chi connectivity index (χ1v) is 9.01. The number of likely N-dealkylation sites (tertiary alicyclic amines) is 1. The van der Waals surface area contributed by atoms with Gasteiger partial charge in [0.25, 0.3) is 0 Å². The molecule has 1 saturated carbocycles. The van der Waals surface area contributed by atoms with E-state index < -0.39 is 11.6 Å². The highest BCUT2D eigenvalue weighted by Crippen LogP contribution is 2.40. The van der Waals surface area contributed by atoms with Gasteiger partial charge in [-0.1, -0.05) is 6.07 Å². The number of nitrogens with zero attached hydrogens (tertiary/aromatic N) is 2. The monoisotopic (exact) mass is 374 g/mol. The molecular weight excluding hydrogens is 354 g/mol. The predicted molar refractivity (Wildman–Crippen MR) is 93.7 cm³/mol. The average Bonchev–Trinajstić information content (AvgIpc) is 3.16. The van der Waals surface area contributed by atoms with Crippen LogP contribution < -0.4 is 4.74 Å². The van der Waals surface area contributed by atoms with Crippen molar-refractivity contribution in [2.24, 2.45) is 11.8 Å². The summed E-state index contributed by atoms with van der Waals surface area (Å²) in [5.41, 5.74) is 0.334. The highest BCUT2D eigenvalue weighted by Gasteiger charge is 2.42. The summed E-state index contributed by atoms with van der Waals surface area (Å²) in [5, 5.41) is 9.25. The lowest BCUT2D eigenvalue weighted by atomic mass is 10.0. The third-order valence-corrected chi connectivity index (χ3v) is 5.39. The van der Waals surface area contributed by atoms with Crippen LogP contribution in [-0.4, -0.2) is 46.5 Å². The average molecular weight is 374 g/mol. The van der Waals surface area contributed by atoms with Crippen molar-refractivity contribution in [1.29, 1.82) is 0 Å². The number of fused-ring (bicyclic) bond motifs is 1. The van der Waals surface area contributed by atoms with E-state index in [4.69, 9.17) is 4.74 Å². The number of benzene rings is 1. The Kier molecular flexibility index (Phi) is 4.78. The van der Waals surface area contributed by atoms with Gasteiger partial charge < -0.3 is 9.84 Å². The second-order valence-corrected chi connectivity index (χ2v) is 7.30. The molecule has 1 N–H and O–H groups in total. The fourth-order valence-corrected chi connectivity index (χ4v) is 4.16. The Morgan fingerprint density at radius 3 is 2.41 bits per heavy atom. The number of aromatic hydroxyl groups is 1. The molecule has 142 valence electrons. The van der Waals surface area contributed by atoms with E-state index in [0.717, 1.165) is 25.9 Å². The molecule has 5 nitrogen and oxygen atoms in total. The third kappa shape index (κ3) is 3.78. The zero-order valence-electron chi connectivity index (χ0n) is 14.6. The molecule has 2 fully saturated rings. The fourth-order valence-electron chi connectivity index (χ4n) is 4.16. The van der Waals surface area contributed by atoms with Gasteiger partial charge in [-0.15, -0.1) is 0 Å². The molecule has 0 spiro atoms. The van der Waals surface area contributed by atoms with Crippen molar-refractivity contribution < 1.29 is 23.4 Å². The van der Waals surface area contributed by atoms with E-state index in [2.05, 4.69) is 9.88 Å². The topological polar surface area (TPSA) is 62.7 Å². The van der Waals surface area contributed by atoms with E-state index in [9.17, 15) is 18.7 Å². The van der Waals surface area contributed by atoms with Crippen LogP contribution in [0.4, 0.5) is 8.78 Å². The van der Waals surface area contributed by atoms with Gasteiger partial charge in [0.15, 0.2) is 23.2 Å². The maximum Gasteiger partial charge on any atom is 0.195 e. The molecule has 7 heteroatoms. The second kappa shape index (κ2) is 7.23. The van der Waals surface area contributed by atoms with Gasteiger partial charge in [-0.2, -0.15) is 0 Å². The summed E-state index contributed by atoms with van der Waals surface area (Å²) in [7, 11) is 0. The Hall–Kier alpha value is -2.54. The Morgan fingerprint density at radius 2 is 1.81 bits per heavy atom. The second-order valence-electron chi connectivity index (χ2n) is 7.30. The normalized spacial score (nSPS) is 24.7. The van der Waals surface area contributed by atoms with E-state index in [-0.39, 0.29) is 29.9 Å². The van der Waals surface area contributed by atoms with Gasteiger partial charge in [-0.3, -0.25) is 9.69 Å². The van der Waals surface area contributed by atoms with Crippen molar-refractivity contribution in [2.75, 3.05) is 19.6 Å². The molecule has 0 amide bonds. The SMILES string of the molecule is O=C(CN1CC2CC(Oc3c(F)cccc3F)C[C@@H]2C1)c1ccc(O)cn1. The van der Waals surface area contributed by atoms with Crippen LogP contribution in [0.1, 0.15) is 23.3 Å². The Labute approximate surface area is 155 Å². The molecule has 1 aromatic heterocycles. The Morgan fingerprint density at radius 1 is 1.15 bits per heavy atom. The minimum atomic E-state index is -0.680. The molecule has 0 radical (unpaired) electrons. The number of carbonyl (C=O) groups is 1. The number of rotatable bonds is 5. The molecule has 4 rings (SSSR count). The van der Waals surface area contributed by atoms with Crippen molar-refractivity contribution in [1.82, 2.24) is 9.88 Å². The first-order chi connectivity index (χ1) is 13.0. The first kappa shape index (κ1) is 17.9. The summed E-state index contributed by atoms with van der Waals surface area (Å²) >= 11 is 0. The zero-order valence-corrected chi connectivity index (χ0v) is 14.6. The lowest BCUT2D eigenvalue weighted by Crippen LogP contribution is -2.30. The molecule has 2 aliphatic rings. The van der Waals surface area contributed by atoms with Gasteiger partial charge in [0.05, 0.1) is 18.8 Å². The van der Waals surface area contributed by atoms with Crippen LogP contribution in [0.2, 0.25) is 0 Å². The minimum Gasteiger partial charge on any atom is -0.506 e. The summed E-state index contributed by atoms with van der Waals surface area (Å²) in [6.45, 7) is 1.79.